The van der Waals surface area contributed by atoms with Crippen molar-refractivity contribution >= 4 is 27.5 Å². The number of methoxy groups -OCH3 is 1. The van der Waals surface area contributed by atoms with Crippen LogP contribution in [0.1, 0.15) is 42.4 Å². The van der Waals surface area contributed by atoms with Crippen LogP contribution in [0.3, 0.4) is 0 Å². The Kier molecular flexibility index (Phi) is 10.0. The van der Waals surface area contributed by atoms with E-state index in [9.17, 15) is 18.0 Å². The van der Waals surface area contributed by atoms with E-state index in [-0.39, 0.29) is 18.5 Å². The number of carbonyl (C=O) groups excluding carboxylic acids is 2. The van der Waals surface area contributed by atoms with E-state index in [1.807, 2.05) is 67.6 Å². The quantitative estimate of drug-likeness (QED) is 0.343. The lowest BCUT2D eigenvalue weighted by atomic mass is 10.0. The minimum atomic E-state index is -3.81. The third-order valence-electron chi connectivity index (χ3n) is 7.43. The second-order valence-electron chi connectivity index (χ2n) is 10.7. The van der Waals surface area contributed by atoms with Crippen molar-refractivity contribution in [1.29, 1.82) is 0 Å². The molecule has 0 radical (unpaired) electrons. The molecular weight excluding hydrogens is 538 g/mol. The predicted octanol–water partition coefficient (Wildman–Crippen LogP) is 4.47. The number of nitrogens with one attached hydrogen (secondary N) is 1. The standard InChI is InChI=1S/C32H39N3O5S/c1-24-11-9-17-28(19-24)35(41(3,38)39)23-31(36)34(22-26-14-10-18-29(20-26)40-2)30(21-25-12-5-4-6-13-25)32(37)33-27-15-7-8-16-27/h4-6,9-14,17-20,27,30H,7-8,15-16,21-23H2,1-3H3,(H,33,37)/t30-/m0/s1. The van der Waals surface area contributed by atoms with Crippen LogP contribution in [0, 0.1) is 6.92 Å². The molecule has 4 rings (SSSR count). The first-order valence-corrected chi connectivity index (χ1v) is 15.8. The van der Waals surface area contributed by atoms with Gasteiger partial charge in [0, 0.05) is 19.0 Å². The SMILES string of the molecule is COc1cccc(CN(C(=O)CN(c2cccc(C)c2)S(C)(=O)=O)[C@@H](Cc2ccccc2)C(=O)NC2CCCC2)c1. The van der Waals surface area contributed by atoms with Crippen LogP contribution in [-0.4, -0.2) is 57.1 Å². The highest BCUT2D eigenvalue weighted by Crippen LogP contribution is 2.23. The van der Waals surface area contributed by atoms with E-state index in [1.165, 1.54) is 4.90 Å². The van der Waals surface area contributed by atoms with E-state index >= 15 is 0 Å². The van der Waals surface area contributed by atoms with E-state index < -0.39 is 28.5 Å². The van der Waals surface area contributed by atoms with Crippen LogP contribution in [0.4, 0.5) is 5.69 Å². The number of amides is 2. The average Bonchev–Trinajstić information content (AvgIpc) is 3.46. The molecule has 9 heteroatoms. The van der Waals surface area contributed by atoms with Crippen LogP contribution < -0.4 is 14.4 Å². The summed E-state index contributed by atoms with van der Waals surface area (Å²) in [6.45, 7) is 1.54. The predicted molar refractivity (Wildman–Crippen MR) is 161 cm³/mol. The van der Waals surface area contributed by atoms with Crippen LogP contribution in [0.25, 0.3) is 0 Å². The maximum atomic E-state index is 14.2. The van der Waals surface area contributed by atoms with Crippen molar-refractivity contribution in [3.63, 3.8) is 0 Å². The van der Waals surface area contributed by atoms with Crippen molar-refractivity contribution < 1.29 is 22.7 Å². The fraction of sp³-hybridized carbons (Fsp3) is 0.375. The Bertz CT molecular complexity index is 1440. The first-order chi connectivity index (χ1) is 19.6. The Hall–Kier alpha value is -3.85. The first-order valence-electron chi connectivity index (χ1n) is 13.9. The molecule has 1 atom stereocenters. The molecule has 0 bridgehead atoms. The minimum absolute atomic E-state index is 0.0642. The summed E-state index contributed by atoms with van der Waals surface area (Å²) in [5.74, 6) is -0.0804. The van der Waals surface area contributed by atoms with Gasteiger partial charge in [-0.1, -0.05) is 67.4 Å². The van der Waals surface area contributed by atoms with Crippen LogP contribution in [-0.2, 0) is 32.6 Å². The molecule has 3 aromatic carbocycles. The molecule has 2 amide bonds. The lowest BCUT2D eigenvalue weighted by Gasteiger charge is -2.34. The number of ether oxygens (including phenoxy) is 1. The van der Waals surface area contributed by atoms with Crippen molar-refractivity contribution in [2.45, 2.75) is 57.7 Å². The van der Waals surface area contributed by atoms with Gasteiger partial charge in [0.15, 0.2) is 0 Å². The normalized spacial score (nSPS) is 14.3. The van der Waals surface area contributed by atoms with Crippen LogP contribution in [0.2, 0.25) is 0 Å². The van der Waals surface area contributed by atoms with E-state index in [2.05, 4.69) is 5.32 Å². The molecule has 0 aromatic heterocycles. The molecular formula is C32H39N3O5S. The summed E-state index contributed by atoms with van der Waals surface area (Å²) < 4.78 is 32.4. The van der Waals surface area contributed by atoms with Crippen molar-refractivity contribution in [2.24, 2.45) is 0 Å². The molecule has 1 N–H and O–H groups in total. The van der Waals surface area contributed by atoms with Crippen LogP contribution >= 0.6 is 0 Å². The highest BCUT2D eigenvalue weighted by atomic mass is 32.2. The smallest absolute Gasteiger partial charge is 0.244 e. The number of hydrogen-bond acceptors (Lipinski definition) is 5. The summed E-state index contributed by atoms with van der Waals surface area (Å²) in [5, 5.41) is 3.18. The second-order valence-corrected chi connectivity index (χ2v) is 12.6. The Morgan fingerprint density at radius 2 is 1.63 bits per heavy atom. The van der Waals surface area contributed by atoms with E-state index in [4.69, 9.17) is 4.74 Å². The molecule has 0 spiro atoms. The minimum Gasteiger partial charge on any atom is -0.497 e. The largest absolute Gasteiger partial charge is 0.497 e. The lowest BCUT2D eigenvalue weighted by molar-refractivity contribution is -0.140. The van der Waals surface area contributed by atoms with Crippen molar-refractivity contribution in [3.05, 3.63) is 95.6 Å². The molecule has 0 heterocycles. The zero-order valence-electron chi connectivity index (χ0n) is 24.0. The summed E-state index contributed by atoms with van der Waals surface area (Å²) in [4.78, 5) is 29.6. The molecule has 0 aliphatic heterocycles. The fourth-order valence-electron chi connectivity index (χ4n) is 5.29. The number of rotatable bonds is 12. The molecule has 1 saturated carbocycles. The Labute approximate surface area is 243 Å². The van der Waals surface area contributed by atoms with Gasteiger partial charge in [-0.05, 0) is 60.7 Å². The topological polar surface area (TPSA) is 96.0 Å². The molecule has 0 unspecified atom stereocenters. The van der Waals surface area contributed by atoms with Crippen molar-refractivity contribution in [2.75, 3.05) is 24.2 Å². The highest BCUT2D eigenvalue weighted by molar-refractivity contribution is 7.92. The molecule has 0 saturated heterocycles. The molecule has 1 aliphatic carbocycles. The Morgan fingerprint density at radius 3 is 2.29 bits per heavy atom. The third-order valence-corrected chi connectivity index (χ3v) is 8.57. The Balaban J connectivity index is 1.73. The number of aryl methyl sites for hydroxylation is 1. The lowest BCUT2D eigenvalue weighted by Crippen LogP contribution is -2.54. The fourth-order valence-corrected chi connectivity index (χ4v) is 6.13. The second kappa shape index (κ2) is 13.7. The number of sulfonamides is 1. The van der Waals surface area contributed by atoms with Crippen LogP contribution in [0.5, 0.6) is 5.75 Å². The van der Waals surface area contributed by atoms with Gasteiger partial charge in [0.05, 0.1) is 19.1 Å². The summed E-state index contributed by atoms with van der Waals surface area (Å²) in [6.07, 6.45) is 5.30. The third kappa shape index (κ3) is 8.33. The van der Waals surface area contributed by atoms with Crippen molar-refractivity contribution in [1.82, 2.24) is 10.2 Å². The van der Waals surface area contributed by atoms with Crippen LogP contribution in [0.15, 0.2) is 78.9 Å². The average molecular weight is 578 g/mol. The molecule has 1 aliphatic rings. The molecule has 8 nitrogen and oxygen atoms in total. The number of anilines is 1. The van der Waals surface area contributed by atoms with E-state index in [1.54, 1.807) is 25.3 Å². The van der Waals surface area contributed by atoms with Gasteiger partial charge in [0.2, 0.25) is 21.8 Å². The van der Waals surface area contributed by atoms with Gasteiger partial charge in [0.1, 0.15) is 18.3 Å². The summed E-state index contributed by atoms with van der Waals surface area (Å²) >= 11 is 0. The van der Waals surface area contributed by atoms with E-state index in [0.29, 0.717) is 17.9 Å². The molecule has 218 valence electrons. The summed E-state index contributed by atoms with van der Waals surface area (Å²) in [6, 6.07) is 23.1. The number of carbonyl (C=O) groups is 2. The number of nitrogens with zero attached hydrogens (tertiary/aromatic N) is 2. The summed E-state index contributed by atoms with van der Waals surface area (Å²) in [5.41, 5.74) is 2.94. The van der Waals surface area contributed by atoms with Gasteiger partial charge in [-0.25, -0.2) is 8.42 Å². The van der Waals surface area contributed by atoms with Gasteiger partial charge < -0.3 is 15.0 Å². The van der Waals surface area contributed by atoms with Gasteiger partial charge in [-0.2, -0.15) is 0 Å². The monoisotopic (exact) mass is 577 g/mol. The maximum absolute atomic E-state index is 14.2. The van der Waals surface area contributed by atoms with Gasteiger partial charge in [-0.15, -0.1) is 0 Å². The summed E-state index contributed by atoms with van der Waals surface area (Å²) in [7, 11) is -2.23. The molecule has 3 aromatic rings. The maximum Gasteiger partial charge on any atom is 0.244 e. The van der Waals surface area contributed by atoms with Gasteiger partial charge in [0.25, 0.3) is 0 Å². The van der Waals surface area contributed by atoms with Crippen molar-refractivity contribution in [3.8, 4) is 5.75 Å². The Morgan fingerprint density at radius 1 is 0.951 bits per heavy atom. The van der Waals surface area contributed by atoms with E-state index in [0.717, 1.165) is 52.9 Å². The first kappa shape index (κ1) is 30.1. The zero-order valence-corrected chi connectivity index (χ0v) is 24.8. The van der Waals surface area contributed by atoms with Gasteiger partial charge >= 0.3 is 0 Å². The zero-order chi connectivity index (χ0) is 29.4. The number of benzene rings is 3. The van der Waals surface area contributed by atoms with Gasteiger partial charge in [-0.3, -0.25) is 13.9 Å². The molecule has 41 heavy (non-hydrogen) atoms. The molecule has 1 fully saturated rings. The highest BCUT2D eigenvalue weighted by Gasteiger charge is 2.34. The number of hydrogen-bond donors (Lipinski definition) is 1.